The van der Waals surface area contributed by atoms with Gasteiger partial charge in [0.2, 0.25) is 0 Å². The van der Waals surface area contributed by atoms with Crippen molar-refractivity contribution >= 4 is 23.0 Å². The standard InChI is InChI=1S/C7H6N3S/c1-5-8-7(10-9-5)6-3-2-4-11-6/h2-4H,1H3. The summed E-state index contributed by atoms with van der Waals surface area (Å²) in [6.07, 6.45) is 0. The first-order chi connectivity index (χ1) is 5.36. The van der Waals surface area contributed by atoms with Crippen LogP contribution in [0, 0.1) is 0 Å². The topological polar surface area (TPSA) is 38.8 Å². The van der Waals surface area contributed by atoms with E-state index < -0.39 is 0 Å². The van der Waals surface area contributed by atoms with Crippen molar-refractivity contribution in [3.05, 3.63) is 22.4 Å². The molecule has 0 fully saturated rings. The van der Waals surface area contributed by atoms with Crippen LogP contribution in [0.5, 0.6) is 0 Å². The molecule has 3 nitrogen and oxygen atoms in total. The molecule has 4 heteroatoms. The second-order valence-corrected chi connectivity index (χ2v) is 3.11. The Kier molecular flexibility index (Phi) is 1.47. The molecule has 1 aromatic heterocycles. The van der Waals surface area contributed by atoms with Gasteiger partial charge in [-0.05, 0) is 18.4 Å². The van der Waals surface area contributed by atoms with E-state index in [1.807, 2.05) is 24.4 Å². The van der Waals surface area contributed by atoms with Crippen LogP contribution in [0.15, 0.2) is 27.7 Å². The van der Waals surface area contributed by atoms with Gasteiger partial charge in [0.25, 0.3) is 0 Å². The summed E-state index contributed by atoms with van der Waals surface area (Å²) in [5.41, 5.74) is 0. The first-order valence-corrected chi connectivity index (χ1v) is 4.12. The highest BCUT2D eigenvalue weighted by atomic mass is 32.1. The highest BCUT2D eigenvalue weighted by Crippen LogP contribution is 2.11. The van der Waals surface area contributed by atoms with Crippen molar-refractivity contribution in [3.8, 4) is 0 Å². The zero-order valence-electron chi connectivity index (χ0n) is 5.98. The van der Waals surface area contributed by atoms with Crippen LogP contribution in [-0.2, 0) is 0 Å². The van der Waals surface area contributed by atoms with Crippen LogP contribution in [0.1, 0.15) is 11.8 Å². The molecule has 0 bridgehead atoms. The molecule has 0 unspecified atom stereocenters. The molecular formula is C7H6N3S. The molecule has 0 saturated carbocycles. The summed E-state index contributed by atoms with van der Waals surface area (Å²) in [7, 11) is 0. The maximum atomic E-state index is 4.14. The highest BCUT2D eigenvalue weighted by molar-refractivity contribution is 7.12. The van der Waals surface area contributed by atoms with E-state index in [1.54, 1.807) is 11.3 Å². The zero-order chi connectivity index (χ0) is 7.68. The fraction of sp³-hybridized carbons (Fsp3) is 0.143. The van der Waals surface area contributed by atoms with Crippen LogP contribution in [0.2, 0.25) is 0 Å². The maximum Gasteiger partial charge on any atom is 0.193 e. The molecule has 0 spiro atoms. The quantitative estimate of drug-likeness (QED) is 0.602. The van der Waals surface area contributed by atoms with Crippen LogP contribution < -0.4 is 5.32 Å². The van der Waals surface area contributed by atoms with Crippen molar-refractivity contribution in [2.75, 3.05) is 0 Å². The first-order valence-electron chi connectivity index (χ1n) is 3.24. The summed E-state index contributed by atoms with van der Waals surface area (Å²) in [5.74, 6) is 1.46. The Morgan fingerprint density at radius 1 is 1.36 bits per heavy atom. The van der Waals surface area contributed by atoms with E-state index >= 15 is 0 Å². The lowest BCUT2D eigenvalue weighted by molar-refractivity contribution is 1.26. The summed E-state index contributed by atoms with van der Waals surface area (Å²) in [6.45, 7) is 1.84. The van der Waals surface area contributed by atoms with E-state index in [1.165, 1.54) is 0 Å². The van der Waals surface area contributed by atoms with E-state index in [0.29, 0.717) is 0 Å². The van der Waals surface area contributed by atoms with Crippen molar-refractivity contribution in [1.29, 1.82) is 0 Å². The molecule has 11 heavy (non-hydrogen) atoms. The van der Waals surface area contributed by atoms with Gasteiger partial charge in [0.1, 0.15) is 0 Å². The molecule has 1 aliphatic rings. The largest absolute Gasteiger partial charge is 0.209 e. The third kappa shape index (κ3) is 1.17. The molecule has 0 atom stereocenters. The van der Waals surface area contributed by atoms with Gasteiger partial charge in [-0.2, -0.15) is 0 Å². The van der Waals surface area contributed by atoms with Crippen molar-refractivity contribution in [3.63, 3.8) is 0 Å². The molecule has 2 rings (SSSR count). The molecule has 0 saturated heterocycles. The number of nitrogens with zero attached hydrogens (tertiary/aromatic N) is 3. The van der Waals surface area contributed by atoms with Gasteiger partial charge in [0.05, 0.1) is 4.88 Å². The van der Waals surface area contributed by atoms with Crippen molar-refractivity contribution < 1.29 is 0 Å². The molecule has 2 heterocycles. The van der Waals surface area contributed by atoms with E-state index in [4.69, 9.17) is 0 Å². The Bertz CT molecular complexity index is 310. The predicted octanol–water partition coefficient (Wildman–Crippen LogP) is 1.45. The zero-order valence-corrected chi connectivity index (χ0v) is 6.80. The van der Waals surface area contributed by atoms with Gasteiger partial charge in [0, 0.05) is 0 Å². The van der Waals surface area contributed by atoms with Crippen LogP contribution in [0.3, 0.4) is 0 Å². The van der Waals surface area contributed by atoms with E-state index in [9.17, 15) is 0 Å². The Hall–Kier alpha value is -1.16. The molecule has 1 aromatic rings. The van der Waals surface area contributed by atoms with Crippen molar-refractivity contribution in [2.24, 2.45) is 10.2 Å². The Morgan fingerprint density at radius 2 is 2.27 bits per heavy atom. The fourth-order valence-corrected chi connectivity index (χ4v) is 1.48. The third-order valence-electron chi connectivity index (χ3n) is 1.30. The predicted molar refractivity (Wildman–Crippen MR) is 46.1 cm³/mol. The van der Waals surface area contributed by atoms with Crippen LogP contribution >= 0.6 is 11.3 Å². The summed E-state index contributed by atoms with van der Waals surface area (Å²) < 4.78 is 0. The van der Waals surface area contributed by atoms with E-state index in [0.717, 1.165) is 16.5 Å². The van der Waals surface area contributed by atoms with E-state index in [-0.39, 0.29) is 0 Å². The number of hydrogen-bond acceptors (Lipinski definition) is 3. The van der Waals surface area contributed by atoms with Gasteiger partial charge >= 0.3 is 0 Å². The highest BCUT2D eigenvalue weighted by Gasteiger charge is 2.11. The minimum Gasteiger partial charge on any atom is -0.209 e. The fourth-order valence-electron chi connectivity index (χ4n) is 0.828. The summed E-state index contributed by atoms with van der Waals surface area (Å²) in [5, 5.41) is 13.9. The average molecular weight is 164 g/mol. The molecular weight excluding hydrogens is 158 g/mol. The smallest absolute Gasteiger partial charge is 0.193 e. The summed E-state index contributed by atoms with van der Waals surface area (Å²) in [6, 6.07) is 3.97. The maximum absolute atomic E-state index is 4.14. The number of thiophene rings is 1. The Morgan fingerprint density at radius 3 is 2.82 bits per heavy atom. The summed E-state index contributed by atoms with van der Waals surface area (Å²) in [4.78, 5) is 1.07. The second kappa shape index (κ2) is 2.47. The lowest BCUT2D eigenvalue weighted by Gasteiger charge is -1.91. The normalized spacial score (nSPS) is 15.7. The number of amidine groups is 2. The average Bonchev–Trinajstić information content (AvgIpc) is 2.55. The molecule has 0 aliphatic carbocycles. The molecule has 1 radical (unpaired) electrons. The minimum atomic E-state index is 0.730. The lowest BCUT2D eigenvalue weighted by Crippen LogP contribution is -2.15. The van der Waals surface area contributed by atoms with Crippen molar-refractivity contribution in [2.45, 2.75) is 6.92 Å². The first kappa shape index (κ1) is 6.54. The van der Waals surface area contributed by atoms with Gasteiger partial charge in [-0.1, -0.05) is 6.07 Å². The Labute approximate surface area is 68.5 Å². The second-order valence-electron chi connectivity index (χ2n) is 2.16. The van der Waals surface area contributed by atoms with Gasteiger partial charge in [-0.3, -0.25) is 0 Å². The van der Waals surface area contributed by atoms with Gasteiger partial charge in [-0.15, -0.1) is 21.5 Å². The van der Waals surface area contributed by atoms with Crippen molar-refractivity contribution in [1.82, 2.24) is 5.32 Å². The lowest BCUT2D eigenvalue weighted by atomic mass is 10.4. The SMILES string of the molecule is CC1=NN=C(c2cccs2)[N]1. The molecule has 0 N–H and O–H groups in total. The number of hydrogen-bond donors (Lipinski definition) is 0. The van der Waals surface area contributed by atoms with Gasteiger partial charge in [0.15, 0.2) is 11.7 Å². The van der Waals surface area contributed by atoms with Crippen LogP contribution in [0.4, 0.5) is 0 Å². The summed E-state index contributed by atoms with van der Waals surface area (Å²) >= 11 is 1.62. The molecule has 1 aliphatic heterocycles. The minimum absolute atomic E-state index is 0.730. The third-order valence-corrected chi connectivity index (χ3v) is 2.16. The Balaban J connectivity index is 2.23. The number of rotatable bonds is 1. The van der Waals surface area contributed by atoms with Gasteiger partial charge < -0.3 is 0 Å². The van der Waals surface area contributed by atoms with E-state index in [2.05, 4.69) is 15.5 Å². The van der Waals surface area contributed by atoms with Gasteiger partial charge in [-0.25, -0.2) is 5.32 Å². The monoisotopic (exact) mass is 164 g/mol. The van der Waals surface area contributed by atoms with Crippen LogP contribution in [0.25, 0.3) is 0 Å². The molecule has 0 aromatic carbocycles. The molecule has 55 valence electrons. The van der Waals surface area contributed by atoms with Crippen LogP contribution in [-0.4, -0.2) is 11.7 Å². The molecule has 0 amide bonds.